The number of nitrogens with zero attached hydrogens (tertiary/aromatic N) is 4. The van der Waals surface area contributed by atoms with Gasteiger partial charge in [-0.15, -0.1) is 10.2 Å². The highest BCUT2D eigenvalue weighted by Gasteiger charge is 2.13. The quantitative estimate of drug-likeness (QED) is 0.334. The van der Waals surface area contributed by atoms with Gasteiger partial charge < -0.3 is 9.15 Å². The molecular formula is C22H17ClN4O3. The van der Waals surface area contributed by atoms with E-state index in [0.717, 1.165) is 11.3 Å². The average molecular weight is 421 g/mol. The van der Waals surface area contributed by atoms with Crippen LogP contribution in [0, 0.1) is 6.92 Å². The zero-order valence-corrected chi connectivity index (χ0v) is 16.8. The first-order valence-corrected chi connectivity index (χ1v) is 9.53. The number of benzene rings is 2. The molecule has 0 aliphatic rings. The summed E-state index contributed by atoms with van der Waals surface area (Å²) in [5, 5.41) is 12.7. The average Bonchev–Trinajstić information content (AvgIpc) is 3.37. The zero-order chi connectivity index (χ0) is 20.9. The lowest BCUT2D eigenvalue weighted by molar-refractivity contribution is -0.139. The van der Waals surface area contributed by atoms with Crippen molar-refractivity contribution in [1.29, 1.82) is 0 Å². The van der Waals surface area contributed by atoms with Gasteiger partial charge in [-0.1, -0.05) is 48.0 Å². The predicted molar refractivity (Wildman–Crippen MR) is 112 cm³/mol. The molecule has 8 heteroatoms. The Kier molecular flexibility index (Phi) is 5.72. The molecule has 2 aromatic heterocycles. The fourth-order valence-electron chi connectivity index (χ4n) is 2.78. The monoisotopic (exact) mass is 420 g/mol. The molecule has 2 aromatic carbocycles. The van der Waals surface area contributed by atoms with E-state index in [4.69, 9.17) is 20.8 Å². The summed E-state index contributed by atoms with van der Waals surface area (Å²) in [5.74, 6) is 0.0204. The van der Waals surface area contributed by atoms with Gasteiger partial charge in [-0.05, 0) is 37.3 Å². The van der Waals surface area contributed by atoms with Gasteiger partial charge in [-0.25, -0.2) is 9.48 Å². The number of aryl methyl sites for hydroxylation is 1. The van der Waals surface area contributed by atoms with Gasteiger partial charge in [0.15, 0.2) is 6.61 Å². The Hall–Kier alpha value is -3.71. The number of carbonyl (C=O) groups is 1. The van der Waals surface area contributed by atoms with Gasteiger partial charge in [-0.2, -0.15) is 5.10 Å². The molecule has 0 bridgehead atoms. The third-order valence-corrected chi connectivity index (χ3v) is 4.62. The zero-order valence-electron chi connectivity index (χ0n) is 16.0. The van der Waals surface area contributed by atoms with Crippen molar-refractivity contribution in [3.63, 3.8) is 0 Å². The highest BCUT2D eigenvalue weighted by molar-refractivity contribution is 6.31. The van der Waals surface area contributed by atoms with Crippen LogP contribution in [0.4, 0.5) is 0 Å². The molecule has 0 saturated carbocycles. The first-order chi connectivity index (χ1) is 14.6. The molecule has 0 aliphatic carbocycles. The van der Waals surface area contributed by atoms with Gasteiger partial charge in [-0.3, -0.25) is 0 Å². The minimum absolute atomic E-state index is 0.126. The summed E-state index contributed by atoms with van der Waals surface area (Å²) >= 11 is 6.45. The molecule has 0 fully saturated rings. The van der Waals surface area contributed by atoms with Gasteiger partial charge >= 0.3 is 5.97 Å². The predicted octanol–water partition coefficient (Wildman–Crippen LogP) is 4.64. The van der Waals surface area contributed by atoms with Crippen molar-refractivity contribution in [2.24, 2.45) is 0 Å². The van der Waals surface area contributed by atoms with E-state index in [1.165, 1.54) is 6.08 Å². The Morgan fingerprint density at radius 2 is 1.80 bits per heavy atom. The normalized spacial score (nSPS) is 11.1. The van der Waals surface area contributed by atoms with Crippen molar-refractivity contribution in [3.05, 3.63) is 89.0 Å². The molecule has 0 N–H and O–H groups in total. The smallest absolute Gasteiger partial charge is 0.331 e. The molecular weight excluding hydrogens is 404 g/mol. The molecule has 30 heavy (non-hydrogen) atoms. The molecule has 0 unspecified atom stereocenters. The third kappa shape index (κ3) is 4.31. The SMILES string of the molecule is Cc1nn(-c2ccccc2)c(Cl)c1/C=C/C(=O)OCc1nnc(-c2ccccc2)o1. The second-order valence-electron chi connectivity index (χ2n) is 6.35. The summed E-state index contributed by atoms with van der Waals surface area (Å²) in [4.78, 5) is 12.1. The Bertz CT molecular complexity index is 1180. The standard InChI is InChI=1S/C22H17ClN4O3/c1-15-18(21(23)27(26-15)17-10-6-3-7-11-17)12-13-20(28)29-14-19-24-25-22(30-19)16-8-4-2-5-9-16/h2-13H,14H2,1H3/b13-12+. The number of halogens is 1. The minimum Gasteiger partial charge on any atom is -0.452 e. The van der Waals surface area contributed by atoms with E-state index in [1.54, 1.807) is 10.8 Å². The van der Waals surface area contributed by atoms with Crippen LogP contribution in [0.3, 0.4) is 0 Å². The maximum Gasteiger partial charge on any atom is 0.331 e. The third-order valence-electron chi connectivity index (χ3n) is 4.26. The second kappa shape index (κ2) is 8.75. The molecule has 4 rings (SSSR count). The van der Waals surface area contributed by atoms with Crippen LogP contribution >= 0.6 is 11.6 Å². The first-order valence-electron chi connectivity index (χ1n) is 9.15. The number of aromatic nitrogens is 4. The summed E-state index contributed by atoms with van der Waals surface area (Å²) in [6.45, 7) is 1.69. The van der Waals surface area contributed by atoms with E-state index in [-0.39, 0.29) is 12.5 Å². The minimum atomic E-state index is -0.558. The number of carbonyl (C=O) groups excluding carboxylic acids is 1. The topological polar surface area (TPSA) is 83.0 Å². The van der Waals surface area contributed by atoms with Crippen LogP contribution < -0.4 is 0 Å². The lowest BCUT2D eigenvalue weighted by Crippen LogP contribution is -2.01. The van der Waals surface area contributed by atoms with Crippen molar-refractivity contribution >= 4 is 23.6 Å². The van der Waals surface area contributed by atoms with E-state index in [1.807, 2.05) is 67.6 Å². The molecule has 0 saturated heterocycles. The van der Waals surface area contributed by atoms with Crippen molar-refractivity contribution < 1.29 is 13.9 Å². The molecule has 0 spiro atoms. The van der Waals surface area contributed by atoms with E-state index in [9.17, 15) is 4.79 Å². The Balaban J connectivity index is 1.40. The first kappa shape index (κ1) is 19.6. The summed E-state index contributed by atoms with van der Waals surface area (Å²) in [5.41, 5.74) is 2.96. The number of hydrogen-bond acceptors (Lipinski definition) is 6. The summed E-state index contributed by atoms with van der Waals surface area (Å²) in [6.07, 6.45) is 2.87. The lowest BCUT2D eigenvalue weighted by Gasteiger charge is -2.02. The molecule has 0 amide bonds. The van der Waals surface area contributed by atoms with E-state index in [0.29, 0.717) is 22.3 Å². The van der Waals surface area contributed by atoms with Crippen LogP contribution in [0.1, 0.15) is 17.1 Å². The van der Waals surface area contributed by atoms with Gasteiger partial charge in [0.2, 0.25) is 5.89 Å². The largest absolute Gasteiger partial charge is 0.452 e. The van der Waals surface area contributed by atoms with Crippen LogP contribution in [0.2, 0.25) is 5.15 Å². The molecule has 150 valence electrons. The van der Waals surface area contributed by atoms with Crippen molar-refractivity contribution in [1.82, 2.24) is 20.0 Å². The summed E-state index contributed by atoms with van der Waals surface area (Å²) in [7, 11) is 0. The maximum absolute atomic E-state index is 12.1. The van der Waals surface area contributed by atoms with Gasteiger partial charge in [0.1, 0.15) is 5.15 Å². The Labute approximate surface area is 177 Å². The molecule has 0 atom stereocenters. The molecule has 4 aromatic rings. The van der Waals surface area contributed by atoms with Gasteiger partial charge in [0.25, 0.3) is 5.89 Å². The molecule has 0 radical (unpaired) electrons. The van der Waals surface area contributed by atoms with Crippen LogP contribution in [0.25, 0.3) is 23.2 Å². The summed E-state index contributed by atoms with van der Waals surface area (Å²) in [6, 6.07) is 18.9. The van der Waals surface area contributed by atoms with Crippen LogP contribution in [-0.4, -0.2) is 25.9 Å². The van der Waals surface area contributed by atoms with Crippen LogP contribution in [0.5, 0.6) is 0 Å². The Morgan fingerprint density at radius 1 is 1.10 bits per heavy atom. The fraction of sp³-hybridized carbons (Fsp3) is 0.0909. The number of ether oxygens (including phenoxy) is 1. The molecule has 7 nitrogen and oxygen atoms in total. The number of rotatable bonds is 6. The van der Waals surface area contributed by atoms with Crippen molar-refractivity contribution in [3.8, 4) is 17.1 Å². The van der Waals surface area contributed by atoms with E-state index < -0.39 is 5.97 Å². The number of para-hydroxylation sites is 1. The fourth-order valence-corrected chi connectivity index (χ4v) is 3.12. The molecule has 0 aliphatic heterocycles. The highest BCUT2D eigenvalue weighted by atomic mass is 35.5. The van der Waals surface area contributed by atoms with Gasteiger partial charge in [0.05, 0.1) is 11.4 Å². The van der Waals surface area contributed by atoms with Crippen molar-refractivity contribution in [2.45, 2.75) is 13.5 Å². The second-order valence-corrected chi connectivity index (χ2v) is 6.70. The van der Waals surface area contributed by atoms with E-state index >= 15 is 0 Å². The van der Waals surface area contributed by atoms with E-state index in [2.05, 4.69) is 15.3 Å². The van der Waals surface area contributed by atoms with Crippen LogP contribution in [0.15, 0.2) is 71.2 Å². The Morgan fingerprint density at radius 3 is 2.53 bits per heavy atom. The number of hydrogen-bond donors (Lipinski definition) is 0. The summed E-state index contributed by atoms with van der Waals surface area (Å²) < 4.78 is 12.3. The molecule has 2 heterocycles. The van der Waals surface area contributed by atoms with Crippen molar-refractivity contribution in [2.75, 3.05) is 0 Å². The highest BCUT2D eigenvalue weighted by Crippen LogP contribution is 2.24. The van der Waals surface area contributed by atoms with Gasteiger partial charge in [0, 0.05) is 17.2 Å². The maximum atomic E-state index is 12.1. The number of esters is 1. The lowest BCUT2D eigenvalue weighted by atomic mass is 10.2. The van der Waals surface area contributed by atoms with Crippen LogP contribution in [-0.2, 0) is 16.1 Å².